The molecule has 0 saturated carbocycles. The van der Waals surface area contributed by atoms with Crippen LogP contribution in [0.2, 0.25) is 0 Å². The number of carbonyl (C=O) groups is 1. The molecule has 1 aromatic heterocycles. The third kappa shape index (κ3) is 1.57. The number of hydrogen-bond acceptors (Lipinski definition) is 2. The Morgan fingerprint density at radius 3 is 2.28 bits per heavy atom. The van der Waals surface area contributed by atoms with Gasteiger partial charge in [0, 0.05) is 26.3 Å². The zero-order valence-electron chi connectivity index (χ0n) is 10.3. The number of carbonyl (C=O) groups excluding carboxylic acids is 1. The monoisotopic (exact) mass is 241 g/mol. The number of amides is 1. The van der Waals surface area contributed by atoms with Crippen LogP contribution in [0.15, 0.2) is 36.5 Å². The van der Waals surface area contributed by atoms with Crippen LogP contribution in [-0.4, -0.2) is 15.4 Å². The van der Waals surface area contributed by atoms with Crippen LogP contribution in [0.4, 0.5) is 5.82 Å². The minimum atomic E-state index is 0.00398. The summed E-state index contributed by atoms with van der Waals surface area (Å²) >= 11 is 0. The van der Waals surface area contributed by atoms with Gasteiger partial charge in [0.1, 0.15) is 5.82 Å². The van der Waals surface area contributed by atoms with E-state index in [4.69, 9.17) is 5.73 Å². The number of aryl methyl sites for hydroxylation is 1. The molecule has 0 aliphatic carbocycles. The third-order valence-corrected chi connectivity index (χ3v) is 3.48. The molecule has 2 aromatic rings. The van der Waals surface area contributed by atoms with Gasteiger partial charge < -0.3 is 15.2 Å². The predicted octanol–water partition coefficient (Wildman–Crippen LogP) is 1.76. The van der Waals surface area contributed by atoms with Gasteiger partial charge in [-0.05, 0) is 17.2 Å². The van der Waals surface area contributed by atoms with E-state index < -0.39 is 0 Å². The maximum atomic E-state index is 12.4. The topological polar surface area (TPSA) is 51.3 Å². The van der Waals surface area contributed by atoms with Crippen molar-refractivity contribution in [2.75, 3.05) is 5.73 Å². The van der Waals surface area contributed by atoms with Gasteiger partial charge in [0.05, 0.1) is 5.56 Å². The normalized spacial score (nSPS) is 13.7. The molecule has 0 unspecified atom stereocenters. The third-order valence-electron chi connectivity index (χ3n) is 3.48. The van der Waals surface area contributed by atoms with Crippen LogP contribution < -0.4 is 5.73 Å². The molecular weight excluding hydrogens is 226 g/mol. The molecule has 18 heavy (non-hydrogen) atoms. The second kappa shape index (κ2) is 3.91. The molecule has 92 valence electrons. The summed E-state index contributed by atoms with van der Waals surface area (Å²) in [6.45, 7) is 1.34. The maximum absolute atomic E-state index is 12.4. The van der Waals surface area contributed by atoms with E-state index in [-0.39, 0.29) is 5.91 Å². The Kier molecular flexibility index (Phi) is 2.37. The second-order valence-electron chi connectivity index (χ2n) is 4.66. The molecule has 1 aliphatic rings. The predicted molar refractivity (Wildman–Crippen MR) is 69.8 cm³/mol. The van der Waals surface area contributed by atoms with Crippen LogP contribution >= 0.6 is 0 Å². The Morgan fingerprint density at radius 1 is 1.17 bits per heavy atom. The van der Waals surface area contributed by atoms with Gasteiger partial charge in [0.2, 0.25) is 0 Å². The molecule has 2 N–H and O–H groups in total. The van der Waals surface area contributed by atoms with Gasteiger partial charge in [0.25, 0.3) is 5.91 Å². The lowest BCUT2D eigenvalue weighted by molar-refractivity contribution is 0.0752. The Hall–Kier alpha value is -2.23. The summed E-state index contributed by atoms with van der Waals surface area (Å²) in [6.07, 6.45) is 1.81. The largest absolute Gasteiger partial charge is 0.384 e. The number of fused-ring (bicyclic) bond motifs is 1. The van der Waals surface area contributed by atoms with Gasteiger partial charge >= 0.3 is 0 Å². The number of nitrogens with zero attached hydrogens (tertiary/aromatic N) is 2. The van der Waals surface area contributed by atoms with Gasteiger partial charge in [0.15, 0.2) is 0 Å². The average molecular weight is 241 g/mol. The van der Waals surface area contributed by atoms with Gasteiger partial charge in [-0.3, -0.25) is 4.79 Å². The fourth-order valence-corrected chi connectivity index (χ4v) is 2.37. The zero-order chi connectivity index (χ0) is 12.7. The molecule has 0 saturated heterocycles. The highest BCUT2D eigenvalue weighted by Gasteiger charge is 2.25. The van der Waals surface area contributed by atoms with Gasteiger partial charge in [-0.1, -0.05) is 24.3 Å². The van der Waals surface area contributed by atoms with Crippen molar-refractivity contribution in [2.24, 2.45) is 7.05 Å². The summed E-state index contributed by atoms with van der Waals surface area (Å²) in [7, 11) is 1.84. The van der Waals surface area contributed by atoms with Gasteiger partial charge in [-0.25, -0.2) is 0 Å². The molecule has 0 radical (unpaired) electrons. The first-order valence-corrected chi connectivity index (χ1v) is 5.93. The highest BCUT2D eigenvalue weighted by molar-refractivity contribution is 5.98. The van der Waals surface area contributed by atoms with E-state index in [1.54, 1.807) is 10.6 Å². The first kappa shape index (κ1) is 10.9. The first-order valence-electron chi connectivity index (χ1n) is 5.93. The number of hydrogen-bond donors (Lipinski definition) is 1. The van der Waals surface area contributed by atoms with E-state index in [1.807, 2.05) is 30.3 Å². The van der Waals surface area contributed by atoms with Crippen LogP contribution in [0.1, 0.15) is 21.5 Å². The van der Waals surface area contributed by atoms with Crippen molar-refractivity contribution in [3.8, 4) is 0 Å². The molecule has 1 aliphatic heterocycles. The molecule has 0 bridgehead atoms. The Balaban J connectivity index is 1.87. The zero-order valence-corrected chi connectivity index (χ0v) is 10.3. The minimum absolute atomic E-state index is 0.00398. The molecule has 3 rings (SSSR count). The Bertz CT molecular complexity index is 590. The van der Waals surface area contributed by atoms with Gasteiger partial charge in [-0.15, -0.1) is 0 Å². The lowest BCUT2D eigenvalue weighted by atomic mass is 10.1. The molecular formula is C14H15N3O. The summed E-state index contributed by atoms with van der Waals surface area (Å²) in [5.41, 5.74) is 8.93. The first-order chi connectivity index (χ1) is 8.66. The smallest absolute Gasteiger partial charge is 0.258 e. The van der Waals surface area contributed by atoms with Gasteiger partial charge in [-0.2, -0.15) is 0 Å². The quantitative estimate of drug-likeness (QED) is 0.827. The number of aromatic nitrogens is 1. The van der Waals surface area contributed by atoms with Crippen LogP contribution in [0.3, 0.4) is 0 Å². The van der Waals surface area contributed by atoms with E-state index >= 15 is 0 Å². The Morgan fingerprint density at radius 2 is 1.78 bits per heavy atom. The highest BCUT2D eigenvalue weighted by Crippen LogP contribution is 2.25. The van der Waals surface area contributed by atoms with E-state index in [0.29, 0.717) is 24.5 Å². The molecule has 0 spiro atoms. The number of benzene rings is 1. The maximum Gasteiger partial charge on any atom is 0.258 e. The number of nitrogen functional groups attached to an aromatic ring is 1. The molecule has 0 fully saturated rings. The molecule has 1 aromatic carbocycles. The van der Waals surface area contributed by atoms with Crippen molar-refractivity contribution in [3.63, 3.8) is 0 Å². The van der Waals surface area contributed by atoms with Crippen molar-refractivity contribution < 1.29 is 4.79 Å². The number of anilines is 1. The fourth-order valence-electron chi connectivity index (χ4n) is 2.37. The van der Waals surface area contributed by atoms with Crippen molar-refractivity contribution >= 4 is 11.7 Å². The van der Waals surface area contributed by atoms with Crippen molar-refractivity contribution in [1.29, 1.82) is 0 Å². The molecule has 4 heteroatoms. The lowest BCUT2D eigenvalue weighted by Gasteiger charge is -2.15. The molecule has 1 amide bonds. The van der Waals surface area contributed by atoms with Crippen LogP contribution in [0.25, 0.3) is 0 Å². The van der Waals surface area contributed by atoms with E-state index in [0.717, 1.165) is 0 Å². The van der Waals surface area contributed by atoms with Crippen LogP contribution in [-0.2, 0) is 20.1 Å². The van der Waals surface area contributed by atoms with E-state index in [9.17, 15) is 4.79 Å². The summed E-state index contributed by atoms with van der Waals surface area (Å²) in [5.74, 6) is 0.528. The Labute approximate surface area is 106 Å². The fraction of sp³-hybridized carbons (Fsp3) is 0.214. The van der Waals surface area contributed by atoms with E-state index in [2.05, 4.69) is 12.1 Å². The van der Waals surface area contributed by atoms with Crippen molar-refractivity contribution in [1.82, 2.24) is 9.47 Å². The summed E-state index contributed by atoms with van der Waals surface area (Å²) < 4.78 is 1.76. The standard InChI is InChI=1S/C14H15N3O/c1-16-7-6-12(13(16)15)14(18)17-8-10-4-2-3-5-11(10)9-17/h2-7H,8-9,15H2,1H3. The number of nitrogens with two attached hydrogens (primary N) is 1. The second-order valence-corrected chi connectivity index (χ2v) is 4.66. The lowest BCUT2D eigenvalue weighted by Crippen LogP contribution is -2.25. The summed E-state index contributed by atoms with van der Waals surface area (Å²) in [6, 6.07) is 9.92. The number of rotatable bonds is 1. The summed E-state index contributed by atoms with van der Waals surface area (Å²) in [4.78, 5) is 14.2. The highest BCUT2D eigenvalue weighted by atomic mass is 16.2. The molecule has 4 nitrogen and oxygen atoms in total. The van der Waals surface area contributed by atoms with Crippen LogP contribution in [0.5, 0.6) is 0 Å². The SMILES string of the molecule is Cn1ccc(C(=O)N2Cc3ccccc3C2)c1N. The van der Waals surface area contributed by atoms with E-state index in [1.165, 1.54) is 11.1 Å². The molecule has 0 atom stereocenters. The minimum Gasteiger partial charge on any atom is -0.384 e. The van der Waals surface area contributed by atoms with Crippen LogP contribution in [0, 0.1) is 0 Å². The average Bonchev–Trinajstić information content (AvgIpc) is 2.94. The van der Waals surface area contributed by atoms with Crippen molar-refractivity contribution in [2.45, 2.75) is 13.1 Å². The summed E-state index contributed by atoms with van der Waals surface area (Å²) in [5, 5.41) is 0. The molecule has 2 heterocycles. The van der Waals surface area contributed by atoms with Crippen molar-refractivity contribution in [3.05, 3.63) is 53.2 Å².